The van der Waals surface area contributed by atoms with Crippen LogP contribution in [0.15, 0.2) is 30.9 Å². The number of nitrogens with zero attached hydrogens (tertiary/aromatic N) is 3. The summed E-state index contributed by atoms with van der Waals surface area (Å²) in [6.45, 7) is 1.09. The van der Waals surface area contributed by atoms with Crippen molar-refractivity contribution in [3.05, 3.63) is 47.5 Å². The first-order valence-corrected chi connectivity index (χ1v) is 7.10. The van der Waals surface area contributed by atoms with Gasteiger partial charge in [-0.3, -0.25) is 9.69 Å². The minimum atomic E-state index is -0.0604. The van der Waals surface area contributed by atoms with Gasteiger partial charge in [-0.15, -0.1) is 0 Å². The number of rotatable bonds is 2. The Morgan fingerprint density at radius 2 is 2.17 bits per heavy atom. The summed E-state index contributed by atoms with van der Waals surface area (Å²) >= 11 is 0. The standard InChI is InChI=1S/C16H18N3O3.HI/c1-17-7-8-19(11-17)16(21)18-6-5-13-12(9-18)3-4-15(22-2)14(13)10-20;/h3-4,7-8,10-11H,5-6,9H2,1-2H3;1H/q+1;/p-1. The van der Waals surface area contributed by atoms with E-state index in [2.05, 4.69) is 0 Å². The van der Waals surface area contributed by atoms with Crippen molar-refractivity contribution in [3.63, 3.8) is 0 Å². The van der Waals surface area contributed by atoms with Gasteiger partial charge >= 0.3 is 6.03 Å². The Balaban J connectivity index is 0.00000192. The monoisotopic (exact) mass is 427 g/mol. The van der Waals surface area contributed by atoms with E-state index in [1.54, 1.807) is 35.2 Å². The van der Waals surface area contributed by atoms with Crippen LogP contribution in [0.25, 0.3) is 0 Å². The molecule has 23 heavy (non-hydrogen) atoms. The van der Waals surface area contributed by atoms with Crippen LogP contribution < -0.4 is 33.3 Å². The molecule has 0 N–H and O–H groups in total. The number of amides is 1. The number of aldehydes is 1. The first-order valence-electron chi connectivity index (χ1n) is 7.10. The molecule has 0 unspecified atom stereocenters. The number of carbonyl (C=O) groups excluding carboxylic acids is 2. The molecule has 0 fully saturated rings. The second kappa shape index (κ2) is 7.12. The van der Waals surface area contributed by atoms with E-state index in [9.17, 15) is 9.59 Å². The maximum Gasteiger partial charge on any atom is 0.416 e. The second-order valence-electron chi connectivity index (χ2n) is 5.38. The Kier molecular flexibility index (Phi) is 5.40. The van der Waals surface area contributed by atoms with Crippen LogP contribution in [-0.2, 0) is 20.0 Å². The number of ether oxygens (including phenoxy) is 1. The van der Waals surface area contributed by atoms with E-state index in [0.29, 0.717) is 30.8 Å². The molecule has 2 aromatic rings. The zero-order valence-corrected chi connectivity index (χ0v) is 15.2. The third-order valence-electron chi connectivity index (χ3n) is 4.01. The van der Waals surface area contributed by atoms with Crippen LogP contribution in [0.1, 0.15) is 21.5 Å². The van der Waals surface area contributed by atoms with Crippen LogP contribution in [-0.4, -0.2) is 35.4 Å². The fourth-order valence-corrected chi connectivity index (χ4v) is 2.86. The Hall–Kier alpha value is -1.90. The highest BCUT2D eigenvalue weighted by Crippen LogP contribution is 2.28. The van der Waals surface area contributed by atoms with E-state index < -0.39 is 0 Å². The van der Waals surface area contributed by atoms with Crippen molar-refractivity contribution in [2.75, 3.05) is 13.7 Å². The first-order chi connectivity index (χ1) is 10.6. The van der Waals surface area contributed by atoms with Crippen LogP contribution >= 0.6 is 0 Å². The summed E-state index contributed by atoms with van der Waals surface area (Å²) in [4.78, 5) is 25.6. The van der Waals surface area contributed by atoms with E-state index in [4.69, 9.17) is 4.74 Å². The van der Waals surface area contributed by atoms with Crippen LogP contribution in [0.2, 0.25) is 0 Å². The van der Waals surface area contributed by atoms with Gasteiger partial charge in [0.05, 0.1) is 19.7 Å². The molecule has 0 bridgehead atoms. The SMILES string of the molecule is COc1ccc2c(c1C=O)CCN(C(=O)n1cc[n+](C)c1)C2.[I-]. The molecule has 0 saturated heterocycles. The lowest BCUT2D eigenvalue weighted by Gasteiger charge is -2.28. The lowest BCUT2D eigenvalue weighted by Crippen LogP contribution is -3.00. The van der Waals surface area contributed by atoms with Gasteiger partial charge in [-0.2, -0.15) is 4.57 Å². The molecule has 0 radical (unpaired) electrons. The number of imidazole rings is 1. The average Bonchev–Trinajstić information content (AvgIpc) is 2.98. The minimum absolute atomic E-state index is 0. The van der Waals surface area contributed by atoms with Crippen LogP contribution in [0, 0.1) is 0 Å². The molecule has 1 aromatic carbocycles. The van der Waals surface area contributed by atoms with Crippen LogP contribution in [0.4, 0.5) is 4.79 Å². The normalized spacial score (nSPS) is 13.0. The van der Waals surface area contributed by atoms with Gasteiger partial charge in [-0.05, 0) is 23.6 Å². The highest BCUT2D eigenvalue weighted by molar-refractivity contribution is 5.83. The maximum absolute atomic E-state index is 12.5. The molecule has 1 aliphatic heterocycles. The lowest BCUT2D eigenvalue weighted by molar-refractivity contribution is -0.670. The zero-order valence-electron chi connectivity index (χ0n) is 13.0. The third-order valence-corrected chi connectivity index (χ3v) is 4.01. The zero-order chi connectivity index (χ0) is 15.7. The number of aryl methyl sites for hydroxylation is 1. The molecule has 0 aliphatic carbocycles. The van der Waals surface area contributed by atoms with E-state index in [-0.39, 0.29) is 30.0 Å². The number of fused-ring (bicyclic) bond motifs is 1. The molecule has 3 rings (SSSR count). The Labute approximate surface area is 151 Å². The van der Waals surface area contributed by atoms with Gasteiger partial charge in [0.25, 0.3) is 6.33 Å². The van der Waals surface area contributed by atoms with Crippen LogP contribution in [0.5, 0.6) is 5.75 Å². The van der Waals surface area contributed by atoms with Crippen molar-refractivity contribution < 1.29 is 42.9 Å². The van der Waals surface area contributed by atoms with Gasteiger partial charge in [0.15, 0.2) is 6.29 Å². The van der Waals surface area contributed by atoms with Crippen molar-refractivity contribution in [3.8, 4) is 5.75 Å². The summed E-state index contributed by atoms with van der Waals surface area (Å²) in [5, 5.41) is 0. The Morgan fingerprint density at radius 3 is 2.78 bits per heavy atom. The van der Waals surface area contributed by atoms with Crippen molar-refractivity contribution in [2.45, 2.75) is 13.0 Å². The summed E-state index contributed by atoms with van der Waals surface area (Å²) in [6.07, 6.45) is 6.79. The maximum atomic E-state index is 12.5. The molecule has 1 aliphatic rings. The number of halogens is 1. The van der Waals surface area contributed by atoms with Crippen molar-refractivity contribution in [1.29, 1.82) is 0 Å². The van der Waals surface area contributed by atoms with Gasteiger partial charge in [0.2, 0.25) is 0 Å². The molecule has 0 saturated carbocycles. The molecule has 7 heteroatoms. The highest BCUT2D eigenvalue weighted by Gasteiger charge is 2.27. The van der Waals surface area contributed by atoms with Gasteiger partial charge in [-0.1, -0.05) is 6.07 Å². The molecular weight excluding hydrogens is 409 g/mol. The summed E-state index contributed by atoms with van der Waals surface area (Å²) in [6, 6.07) is 3.65. The number of methoxy groups -OCH3 is 1. The van der Waals surface area contributed by atoms with E-state index in [0.717, 1.165) is 17.4 Å². The van der Waals surface area contributed by atoms with Crippen LogP contribution in [0.3, 0.4) is 0 Å². The van der Waals surface area contributed by atoms with E-state index in [1.165, 1.54) is 0 Å². The third kappa shape index (κ3) is 3.24. The molecule has 1 amide bonds. The topological polar surface area (TPSA) is 55.4 Å². The lowest BCUT2D eigenvalue weighted by atomic mass is 9.94. The van der Waals surface area contributed by atoms with Crippen molar-refractivity contribution >= 4 is 12.3 Å². The molecule has 2 heterocycles. The largest absolute Gasteiger partial charge is 1.00 e. The number of carbonyl (C=O) groups is 2. The number of aromatic nitrogens is 2. The first kappa shape index (κ1) is 17.5. The van der Waals surface area contributed by atoms with Crippen molar-refractivity contribution in [1.82, 2.24) is 9.47 Å². The second-order valence-corrected chi connectivity index (χ2v) is 5.38. The van der Waals surface area contributed by atoms with Gasteiger partial charge in [0, 0.05) is 13.1 Å². The van der Waals surface area contributed by atoms with Gasteiger partial charge in [-0.25, -0.2) is 9.36 Å². The Bertz CT molecular complexity index is 742. The smallest absolute Gasteiger partial charge is 0.416 e. The molecule has 0 spiro atoms. The molecule has 122 valence electrons. The number of hydrogen-bond acceptors (Lipinski definition) is 3. The predicted molar refractivity (Wildman–Crippen MR) is 78.9 cm³/mol. The summed E-state index contributed by atoms with van der Waals surface area (Å²) in [5.74, 6) is 0.589. The van der Waals surface area contributed by atoms with Gasteiger partial charge in [0.1, 0.15) is 18.1 Å². The summed E-state index contributed by atoms with van der Waals surface area (Å²) in [5.41, 5.74) is 2.58. The number of hydrogen-bond donors (Lipinski definition) is 0. The molecular formula is C16H18IN3O3. The van der Waals surface area contributed by atoms with Crippen molar-refractivity contribution in [2.24, 2.45) is 7.05 Å². The van der Waals surface area contributed by atoms with E-state index >= 15 is 0 Å². The predicted octanol–water partition coefficient (Wildman–Crippen LogP) is -1.84. The summed E-state index contributed by atoms with van der Waals surface area (Å²) in [7, 11) is 3.43. The van der Waals surface area contributed by atoms with Gasteiger partial charge < -0.3 is 28.7 Å². The summed E-state index contributed by atoms with van der Waals surface area (Å²) < 4.78 is 8.62. The average molecular weight is 427 g/mol. The molecule has 0 atom stereocenters. The fraction of sp³-hybridized carbons (Fsp3) is 0.312. The number of benzene rings is 1. The minimum Gasteiger partial charge on any atom is -1.00 e. The fourth-order valence-electron chi connectivity index (χ4n) is 2.86. The molecule has 6 nitrogen and oxygen atoms in total. The van der Waals surface area contributed by atoms with E-state index in [1.807, 2.05) is 23.9 Å². The molecule has 1 aromatic heterocycles. The highest BCUT2D eigenvalue weighted by atomic mass is 127. The Morgan fingerprint density at radius 1 is 1.39 bits per heavy atom. The quantitative estimate of drug-likeness (QED) is 0.322.